The Balaban J connectivity index is 3.20. The molecule has 0 atom stereocenters. The summed E-state index contributed by atoms with van der Waals surface area (Å²) in [6.07, 6.45) is 0.306. The number of Topliss-reactive ketones (excluding diaryl/α,β-unsaturated/α-hetero) is 1. The number of anilines is 1. The van der Waals surface area contributed by atoms with Gasteiger partial charge in [0, 0.05) is 29.8 Å². The van der Waals surface area contributed by atoms with E-state index in [1.807, 2.05) is 0 Å². The third kappa shape index (κ3) is 2.07. The molecule has 0 amide bonds. The van der Waals surface area contributed by atoms with Crippen LogP contribution in [0.3, 0.4) is 0 Å². The zero-order valence-electron chi connectivity index (χ0n) is 7.69. The predicted molar refractivity (Wildman–Crippen MR) is 52.1 cm³/mol. The highest BCUT2D eigenvalue weighted by atomic mass is 16.6. The van der Waals surface area contributed by atoms with Crippen LogP contribution >= 0.6 is 0 Å². The number of nitrogens with zero attached hydrogens (tertiary/aromatic N) is 1. The van der Waals surface area contributed by atoms with Crippen molar-refractivity contribution in [3.63, 3.8) is 0 Å². The lowest BCUT2D eigenvalue weighted by Gasteiger charge is -2.00. The van der Waals surface area contributed by atoms with E-state index in [2.05, 4.69) is 0 Å². The van der Waals surface area contributed by atoms with Crippen molar-refractivity contribution in [1.82, 2.24) is 0 Å². The van der Waals surface area contributed by atoms with Crippen molar-refractivity contribution in [3.8, 4) is 0 Å². The van der Waals surface area contributed by atoms with E-state index in [1.54, 1.807) is 6.92 Å². The Morgan fingerprint density at radius 1 is 1.50 bits per heavy atom. The molecule has 0 aliphatic carbocycles. The van der Waals surface area contributed by atoms with E-state index in [1.165, 1.54) is 18.2 Å². The van der Waals surface area contributed by atoms with Crippen LogP contribution in [-0.2, 0) is 0 Å². The third-order valence-corrected chi connectivity index (χ3v) is 1.79. The number of hydrogen-bond acceptors (Lipinski definition) is 4. The molecule has 0 aliphatic heterocycles. The number of carbonyl (C=O) groups excluding carboxylic acids is 1. The number of nitro benzene ring substituents is 1. The number of nitro groups is 1. The maximum absolute atomic E-state index is 11.3. The van der Waals surface area contributed by atoms with E-state index in [-0.39, 0.29) is 17.2 Å². The molecular weight excluding hydrogens is 184 g/mol. The standard InChI is InChI=1S/C9H10N2O3/c1-2-9(12)6-3-7(10)5-8(4-6)11(13)14/h3-5H,2,10H2,1H3. The molecule has 0 bridgehead atoms. The second-order valence-electron chi connectivity index (χ2n) is 2.85. The van der Waals surface area contributed by atoms with Crippen molar-refractivity contribution >= 4 is 17.2 Å². The van der Waals surface area contributed by atoms with E-state index < -0.39 is 4.92 Å². The van der Waals surface area contributed by atoms with Gasteiger partial charge in [0.15, 0.2) is 5.78 Å². The summed E-state index contributed by atoms with van der Waals surface area (Å²) >= 11 is 0. The number of nitrogens with two attached hydrogens (primary N) is 1. The molecule has 0 spiro atoms. The van der Waals surface area contributed by atoms with E-state index in [4.69, 9.17) is 5.73 Å². The van der Waals surface area contributed by atoms with Crippen LogP contribution in [0.15, 0.2) is 18.2 Å². The third-order valence-electron chi connectivity index (χ3n) is 1.79. The molecule has 2 N–H and O–H groups in total. The van der Waals surface area contributed by atoms with Gasteiger partial charge >= 0.3 is 0 Å². The summed E-state index contributed by atoms with van der Waals surface area (Å²) in [5.41, 5.74) is 5.81. The van der Waals surface area contributed by atoms with Gasteiger partial charge in [-0.3, -0.25) is 14.9 Å². The van der Waals surface area contributed by atoms with Gasteiger partial charge in [-0.15, -0.1) is 0 Å². The van der Waals surface area contributed by atoms with E-state index in [0.29, 0.717) is 12.0 Å². The number of carbonyl (C=O) groups is 1. The monoisotopic (exact) mass is 194 g/mol. The summed E-state index contributed by atoms with van der Waals surface area (Å²) in [4.78, 5) is 21.2. The van der Waals surface area contributed by atoms with Gasteiger partial charge in [-0.05, 0) is 6.07 Å². The van der Waals surface area contributed by atoms with Crippen molar-refractivity contribution in [2.75, 3.05) is 5.73 Å². The predicted octanol–water partition coefficient (Wildman–Crippen LogP) is 1.77. The van der Waals surface area contributed by atoms with Crippen molar-refractivity contribution < 1.29 is 9.72 Å². The molecule has 14 heavy (non-hydrogen) atoms. The normalized spacial score (nSPS) is 9.79. The van der Waals surface area contributed by atoms with Gasteiger partial charge in [-0.2, -0.15) is 0 Å². The molecule has 0 heterocycles. The molecule has 0 unspecified atom stereocenters. The Labute approximate surface area is 80.7 Å². The fourth-order valence-corrected chi connectivity index (χ4v) is 1.11. The van der Waals surface area contributed by atoms with Crippen LogP contribution in [0, 0.1) is 10.1 Å². The fourth-order valence-electron chi connectivity index (χ4n) is 1.11. The minimum absolute atomic E-state index is 0.151. The van der Waals surface area contributed by atoms with Gasteiger partial charge in [0.25, 0.3) is 5.69 Å². The first kappa shape index (κ1) is 10.2. The molecule has 74 valence electrons. The summed E-state index contributed by atoms with van der Waals surface area (Å²) in [5, 5.41) is 10.5. The van der Waals surface area contributed by atoms with Crippen LogP contribution in [0.5, 0.6) is 0 Å². The molecule has 0 saturated heterocycles. The molecule has 1 aromatic carbocycles. The number of non-ortho nitro benzene ring substituents is 1. The van der Waals surface area contributed by atoms with Gasteiger partial charge in [-0.25, -0.2) is 0 Å². The zero-order valence-corrected chi connectivity index (χ0v) is 7.69. The Bertz CT molecular complexity index is 388. The summed E-state index contributed by atoms with van der Waals surface area (Å²) < 4.78 is 0. The van der Waals surface area contributed by atoms with Crippen LogP contribution in [0.4, 0.5) is 11.4 Å². The summed E-state index contributed by atoms with van der Waals surface area (Å²) in [7, 11) is 0. The van der Waals surface area contributed by atoms with Crippen LogP contribution in [0.1, 0.15) is 23.7 Å². The van der Waals surface area contributed by atoms with Crippen molar-refractivity contribution in [1.29, 1.82) is 0 Å². The molecule has 0 aromatic heterocycles. The second kappa shape index (κ2) is 3.87. The highest BCUT2D eigenvalue weighted by molar-refractivity contribution is 5.97. The lowest BCUT2D eigenvalue weighted by atomic mass is 10.1. The van der Waals surface area contributed by atoms with Crippen LogP contribution in [-0.4, -0.2) is 10.7 Å². The van der Waals surface area contributed by atoms with Crippen molar-refractivity contribution in [2.45, 2.75) is 13.3 Å². The lowest BCUT2D eigenvalue weighted by Crippen LogP contribution is -2.00. The van der Waals surface area contributed by atoms with Crippen LogP contribution < -0.4 is 5.73 Å². The summed E-state index contributed by atoms with van der Waals surface area (Å²) in [5.74, 6) is -0.152. The van der Waals surface area contributed by atoms with Crippen molar-refractivity contribution in [3.05, 3.63) is 33.9 Å². The largest absolute Gasteiger partial charge is 0.399 e. The molecule has 0 saturated carbocycles. The number of nitrogen functional groups attached to an aromatic ring is 1. The van der Waals surface area contributed by atoms with Gasteiger partial charge in [0.2, 0.25) is 0 Å². The molecule has 5 nitrogen and oxygen atoms in total. The number of ketones is 1. The van der Waals surface area contributed by atoms with Gasteiger partial charge in [-0.1, -0.05) is 6.92 Å². The topological polar surface area (TPSA) is 86.2 Å². The Hall–Kier alpha value is -1.91. The Kier molecular flexibility index (Phi) is 2.81. The SMILES string of the molecule is CCC(=O)c1cc(N)cc([N+](=O)[O-])c1. The first-order valence-electron chi connectivity index (χ1n) is 4.12. The number of rotatable bonds is 3. The van der Waals surface area contributed by atoms with E-state index in [9.17, 15) is 14.9 Å². The maximum Gasteiger partial charge on any atom is 0.272 e. The molecule has 5 heteroatoms. The average Bonchev–Trinajstić information content (AvgIpc) is 2.15. The molecular formula is C9H10N2O3. The second-order valence-corrected chi connectivity index (χ2v) is 2.85. The van der Waals surface area contributed by atoms with Gasteiger partial charge in [0.05, 0.1) is 4.92 Å². The van der Waals surface area contributed by atoms with Gasteiger partial charge in [0.1, 0.15) is 0 Å². The summed E-state index contributed by atoms with van der Waals surface area (Å²) in [6.45, 7) is 1.69. The Morgan fingerprint density at radius 2 is 2.14 bits per heavy atom. The number of benzene rings is 1. The molecule has 0 fully saturated rings. The maximum atomic E-state index is 11.3. The average molecular weight is 194 g/mol. The quantitative estimate of drug-likeness (QED) is 0.344. The smallest absolute Gasteiger partial charge is 0.272 e. The first-order valence-corrected chi connectivity index (χ1v) is 4.12. The summed E-state index contributed by atoms with van der Waals surface area (Å²) in [6, 6.07) is 3.91. The lowest BCUT2D eigenvalue weighted by molar-refractivity contribution is -0.384. The first-order chi connectivity index (χ1) is 6.54. The highest BCUT2D eigenvalue weighted by Crippen LogP contribution is 2.19. The van der Waals surface area contributed by atoms with Crippen LogP contribution in [0.2, 0.25) is 0 Å². The highest BCUT2D eigenvalue weighted by Gasteiger charge is 2.11. The molecule has 1 rings (SSSR count). The van der Waals surface area contributed by atoms with E-state index >= 15 is 0 Å². The van der Waals surface area contributed by atoms with Crippen molar-refractivity contribution in [2.24, 2.45) is 0 Å². The fraction of sp³-hybridized carbons (Fsp3) is 0.222. The Morgan fingerprint density at radius 3 is 2.64 bits per heavy atom. The minimum atomic E-state index is -0.567. The van der Waals surface area contributed by atoms with Crippen LogP contribution in [0.25, 0.3) is 0 Å². The molecule has 0 aliphatic rings. The molecule has 0 radical (unpaired) electrons. The number of hydrogen-bond donors (Lipinski definition) is 1. The zero-order chi connectivity index (χ0) is 10.7. The minimum Gasteiger partial charge on any atom is -0.399 e. The van der Waals surface area contributed by atoms with E-state index in [0.717, 1.165) is 0 Å². The molecule has 1 aromatic rings. The van der Waals surface area contributed by atoms with Gasteiger partial charge < -0.3 is 5.73 Å².